The van der Waals surface area contributed by atoms with Crippen molar-refractivity contribution in [3.05, 3.63) is 18.0 Å². The average Bonchev–Trinajstić information content (AvgIpc) is 2.30. The van der Waals surface area contributed by atoms with E-state index in [1.807, 2.05) is 6.92 Å². The lowest BCUT2D eigenvalue weighted by Gasteiger charge is -2.05. The molecule has 0 saturated carbocycles. The Labute approximate surface area is 105 Å². The van der Waals surface area contributed by atoms with Gasteiger partial charge in [0.05, 0.1) is 0 Å². The molecular formula is C10H15N5OS. The Balaban J connectivity index is 2.44. The maximum Gasteiger partial charge on any atom is 0.223 e. The van der Waals surface area contributed by atoms with Gasteiger partial charge in [0.25, 0.3) is 0 Å². The van der Waals surface area contributed by atoms with Gasteiger partial charge in [-0.15, -0.1) is 0 Å². The summed E-state index contributed by atoms with van der Waals surface area (Å²) >= 11 is 4.81. The molecule has 1 rings (SSSR count). The summed E-state index contributed by atoms with van der Waals surface area (Å²) in [5.74, 6) is 0.407. The predicted molar refractivity (Wildman–Crippen MR) is 69.7 cm³/mol. The van der Waals surface area contributed by atoms with Crippen molar-refractivity contribution in [2.24, 2.45) is 5.73 Å². The number of aromatic nitrogens is 2. The number of hydrogen-bond donors (Lipinski definition) is 3. The van der Waals surface area contributed by atoms with Crippen molar-refractivity contribution in [2.75, 3.05) is 18.4 Å². The Kier molecular flexibility index (Phi) is 5.28. The van der Waals surface area contributed by atoms with Crippen LogP contribution in [0.25, 0.3) is 0 Å². The second-order valence-corrected chi connectivity index (χ2v) is 3.70. The Morgan fingerprint density at radius 2 is 2.35 bits per heavy atom. The first-order valence-electron chi connectivity index (χ1n) is 5.27. The molecule has 7 heteroatoms. The van der Waals surface area contributed by atoms with Crippen LogP contribution in [0.1, 0.15) is 19.0 Å². The van der Waals surface area contributed by atoms with Crippen molar-refractivity contribution >= 4 is 29.1 Å². The smallest absolute Gasteiger partial charge is 0.223 e. The van der Waals surface area contributed by atoms with Crippen molar-refractivity contribution in [1.29, 1.82) is 0 Å². The second kappa shape index (κ2) is 6.74. The lowest BCUT2D eigenvalue weighted by molar-refractivity contribution is -0.120. The fraction of sp³-hybridized carbons (Fsp3) is 0.400. The molecule has 0 unspecified atom stereocenters. The third-order valence-electron chi connectivity index (χ3n) is 1.92. The van der Waals surface area contributed by atoms with E-state index in [0.717, 1.165) is 0 Å². The maximum absolute atomic E-state index is 11.2. The molecule has 1 aromatic heterocycles. The summed E-state index contributed by atoms with van der Waals surface area (Å²) in [6, 6.07) is 1.64. The number of carbonyl (C=O) groups is 1. The molecule has 0 bridgehead atoms. The van der Waals surface area contributed by atoms with Crippen LogP contribution in [0.2, 0.25) is 0 Å². The van der Waals surface area contributed by atoms with E-state index in [1.165, 1.54) is 0 Å². The highest BCUT2D eigenvalue weighted by Crippen LogP contribution is 2.00. The number of nitrogens with two attached hydrogens (primary N) is 1. The highest BCUT2D eigenvalue weighted by atomic mass is 32.1. The molecule has 0 fully saturated rings. The van der Waals surface area contributed by atoms with E-state index in [2.05, 4.69) is 20.6 Å². The van der Waals surface area contributed by atoms with Crippen LogP contribution in [-0.4, -0.2) is 34.0 Å². The molecule has 6 nitrogen and oxygen atoms in total. The molecule has 1 heterocycles. The molecule has 0 aromatic carbocycles. The van der Waals surface area contributed by atoms with Gasteiger partial charge in [0.1, 0.15) is 10.7 Å². The monoisotopic (exact) mass is 253 g/mol. The van der Waals surface area contributed by atoms with Crippen molar-refractivity contribution in [1.82, 2.24) is 15.3 Å². The van der Waals surface area contributed by atoms with Gasteiger partial charge in [-0.1, -0.05) is 12.2 Å². The molecule has 0 aliphatic heterocycles. The highest BCUT2D eigenvalue weighted by Gasteiger charge is 2.02. The Morgan fingerprint density at radius 1 is 1.59 bits per heavy atom. The summed E-state index contributed by atoms with van der Waals surface area (Å²) in [4.78, 5) is 19.5. The molecular weight excluding hydrogens is 238 g/mol. The molecule has 0 atom stereocenters. The van der Waals surface area contributed by atoms with Crippen molar-refractivity contribution in [3.8, 4) is 0 Å². The molecule has 92 valence electrons. The summed E-state index contributed by atoms with van der Waals surface area (Å²) in [6.45, 7) is 2.97. The number of anilines is 1. The first-order valence-corrected chi connectivity index (χ1v) is 5.67. The van der Waals surface area contributed by atoms with Gasteiger partial charge in [-0.2, -0.15) is 0 Å². The number of nitrogens with zero attached hydrogens (tertiary/aromatic N) is 2. The number of amides is 1. The summed E-state index contributed by atoms with van der Waals surface area (Å²) in [6.07, 6.45) is 1.93. The average molecular weight is 253 g/mol. The lowest BCUT2D eigenvalue weighted by atomic mass is 10.4. The SMILES string of the molecule is CCNC(=O)CCNc1nccc(C(N)=S)n1. The number of nitrogens with one attached hydrogen (secondary N) is 2. The van der Waals surface area contributed by atoms with Gasteiger partial charge in [-0.25, -0.2) is 9.97 Å². The molecule has 0 saturated heterocycles. The first kappa shape index (κ1) is 13.3. The maximum atomic E-state index is 11.2. The summed E-state index contributed by atoms with van der Waals surface area (Å²) < 4.78 is 0. The Morgan fingerprint density at radius 3 is 3.00 bits per heavy atom. The van der Waals surface area contributed by atoms with Crippen LogP contribution in [0.15, 0.2) is 12.3 Å². The summed E-state index contributed by atoms with van der Waals surface area (Å²) in [5, 5.41) is 5.63. The fourth-order valence-electron chi connectivity index (χ4n) is 1.15. The molecule has 1 amide bonds. The summed E-state index contributed by atoms with van der Waals surface area (Å²) in [7, 11) is 0. The fourth-order valence-corrected chi connectivity index (χ4v) is 1.27. The molecule has 0 aliphatic carbocycles. The molecule has 4 N–H and O–H groups in total. The Bertz CT molecular complexity index is 409. The van der Waals surface area contributed by atoms with Crippen LogP contribution in [0.5, 0.6) is 0 Å². The molecule has 1 aromatic rings. The predicted octanol–water partition coefficient (Wildman–Crippen LogP) is 0.0489. The first-order chi connectivity index (χ1) is 8.13. The quantitative estimate of drug-likeness (QED) is 0.620. The summed E-state index contributed by atoms with van der Waals surface area (Å²) in [5.41, 5.74) is 5.96. The number of hydrogen-bond acceptors (Lipinski definition) is 5. The highest BCUT2D eigenvalue weighted by molar-refractivity contribution is 7.80. The van der Waals surface area contributed by atoms with E-state index in [1.54, 1.807) is 12.3 Å². The third-order valence-corrected chi connectivity index (χ3v) is 2.13. The standard InChI is InChI=1S/C10H15N5OS/c1-2-12-8(16)4-6-14-10-13-5-3-7(15-10)9(11)17/h3,5H,2,4,6H2,1H3,(H2,11,17)(H,12,16)(H,13,14,15). The van der Waals surface area contributed by atoms with Crippen molar-refractivity contribution < 1.29 is 4.79 Å². The van der Waals surface area contributed by atoms with Crippen LogP contribution in [0, 0.1) is 0 Å². The molecule has 0 aliphatic rings. The van der Waals surface area contributed by atoms with Crippen LogP contribution in [-0.2, 0) is 4.79 Å². The second-order valence-electron chi connectivity index (χ2n) is 3.26. The van der Waals surface area contributed by atoms with Crippen LogP contribution in [0.4, 0.5) is 5.95 Å². The van der Waals surface area contributed by atoms with Gasteiger partial charge >= 0.3 is 0 Å². The third kappa shape index (κ3) is 4.73. The molecule has 0 radical (unpaired) electrons. The zero-order chi connectivity index (χ0) is 12.7. The lowest BCUT2D eigenvalue weighted by Crippen LogP contribution is -2.25. The van der Waals surface area contributed by atoms with Crippen molar-refractivity contribution in [3.63, 3.8) is 0 Å². The van der Waals surface area contributed by atoms with Gasteiger partial charge in [0, 0.05) is 25.7 Å². The van der Waals surface area contributed by atoms with Crippen molar-refractivity contribution in [2.45, 2.75) is 13.3 Å². The van der Waals surface area contributed by atoms with Crippen LogP contribution >= 0.6 is 12.2 Å². The van der Waals surface area contributed by atoms with Gasteiger partial charge in [0.2, 0.25) is 11.9 Å². The van der Waals surface area contributed by atoms with Gasteiger partial charge in [-0.05, 0) is 13.0 Å². The normalized spacial score (nSPS) is 9.71. The van der Waals surface area contributed by atoms with Gasteiger partial charge in [0.15, 0.2) is 0 Å². The zero-order valence-corrected chi connectivity index (χ0v) is 10.4. The van der Waals surface area contributed by atoms with E-state index in [9.17, 15) is 4.79 Å². The number of thiocarbonyl (C=S) groups is 1. The van der Waals surface area contributed by atoms with Crippen LogP contribution in [0.3, 0.4) is 0 Å². The Hall–Kier alpha value is -1.76. The van der Waals surface area contributed by atoms with E-state index >= 15 is 0 Å². The van der Waals surface area contributed by atoms with Crippen LogP contribution < -0.4 is 16.4 Å². The topological polar surface area (TPSA) is 92.9 Å². The van der Waals surface area contributed by atoms with E-state index in [4.69, 9.17) is 18.0 Å². The van der Waals surface area contributed by atoms with E-state index in [-0.39, 0.29) is 10.9 Å². The van der Waals surface area contributed by atoms with E-state index in [0.29, 0.717) is 31.2 Å². The van der Waals surface area contributed by atoms with Gasteiger partial charge in [-0.3, -0.25) is 4.79 Å². The minimum atomic E-state index is -0.00880. The van der Waals surface area contributed by atoms with E-state index < -0.39 is 0 Å². The minimum absolute atomic E-state index is 0.00880. The minimum Gasteiger partial charge on any atom is -0.388 e. The molecule has 0 spiro atoms. The number of rotatable bonds is 6. The largest absolute Gasteiger partial charge is 0.388 e. The molecule has 17 heavy (non-hydrogen) atoms. The van der Waals surface area contributed by atoms with Gasteiger partial charge < -0.3 is 16.4 Å². The number of carbonyl (C=O) groups excluding carboxylic acids is 1. The zero-order valence-electron chi connectivity index (χ0n) is 9.56.